The third kappa shape index (κ3) is 6.88. The quantitative estimate of drug-likeness (QED) is 0.103. The highest BCUT2D eigenvalue weighted by atomic mass is 16.8. The third-order valence-electron chi connectivity index (χ3n) is 7.97. The van der Waals surface area contributed by atoms with Gasteiger partial charge >= 0.3 is 5.97 Å². The zero-order valence-electron chi connectivity index (χ0n) is 23.5. The maximum absolute atomic E-state index is 12.2. The van der Waals surface area contributed by atoms with Crippen molar-refractivity contribution >= 4 is 5.97 Å². The van der Waals surface area contributed by atoms with E-state index in [1.165, 1.54) is 6.92 Å². The number of esters is 1. The lowest BCUT2D eigenvalue weighted by Gasteiger charge is -2.48. The third-order valence-corrected chi connectivity index (χ3v) is 7.97. The Morgan fingerprint density at radius 2 is 1.07 bits per heavy atom. The van der Waals surface area contributed by atoms with Crippen LogP contribution in [0.1, 0.15) is 6.92 Å². The first-order valence-electron chi connectivity index (χ1n) is 13.8. The van der Waals surface area contributed by atoms with Crippen LogP contribution in [0.4, 0.5) is 0 Å². The summed E-state index contributed by atoms with van der Waals surface area (Å²) in [6.45, 7) is -0.215. The van der Waals surface area contributed by atoms with E-state index in [1.807, 2.05) is 0 Å². The van der Waals surface area contributed by atoms with E-state index in [-0.39, 0.29) is 0 Å². The zero-order valence-corrected chi connectivity index (χ0v) is 23.5. The minimum Gasteiger partial charge on any atom is -0.467 e. The molecular formula is C24H40O20. The number of carbonyl (C=O) groups is 1. The molecule has 4 aliphatic rings. The number of ether oxygens (including phenoxy) is 8. The van der Waals surface area contributed by atoms with Crippen LogP contribution in [0.2, 0.25) is 0 Å². The lowest BCUT2D eigenvalue weighted by Crippen LogP contribution is -2.67. The van der Waals surface area contributed by atoms with E-state index < -0.39 is 136 Å². The first-order chi connectivity index (χ1) is 20.7. The molecule has 44 heavy (non-hydrogen) atoms. The van der Waals surface area contributed by atoms with Gasteiger partial charge in [-0.3, -0.25) is 0 Å². The Balaban J connectivity index is 1.51. The molecule has 19 atom stereocenters. The van der Waals surface area contributed by atoms with E-state index >= 15 is 0 Å². The molecule has 0 aliphatic carbocycles. The molecule has 256 valence electrons. The van der Waals surface area contributed by atoms with Crippen LogP contribution in [0.15, 0.2) is 0 Å². The van der Waals surface area contributed by atoms with Gasteiger partial charge in [0.1, 0.15) is 79.4 Å². The van der Waals surface area contributed by atoms with E-state index in [0.29, 0.717) is 0 Å². The molecule has 0 saturated carbocycles. The second-order valence-electron chi connectivity index (χ2n) is 10.9. The molecule has 0 radical (unpaired) electrons. The summed E-state index contributed by atoms with van der Waals surface area (Å²) >= 11 is 0. The van der Waals surface area contributed by atoms with Gasteiger partial charge in [-0.15, -0.1) is 0 Å². The molecule has 4 aliphatic heterocycles. The SMILES string of the molecule is COC(=O)[C@H]1OC(O)[C@H](O)[C@@H](O)[C@@H]1O[C@@H]1O[C@H](CO)[C@@H](O[C@@H]2O[C@@H](C)[C@H](O)[C@@H](O)[C@H]2O[C@@H]2O[C@@H](CO)[C@H](O)[C@H]2O)[C@H](O)[C@H]1O. The number of carbonyl (C=O) groups excluding carboxylic acids is 1. The highest BCUT2D eigenvalue weighted by Crippen LogP contribution is 2.34. The molecule has 11 N–H and O–H groups in total. The molecule has 0 bridgehead atoms. The Hall–Kier alpha value is -1.25. The van der Waals surface area contributed by atoms with Gasteiger partial charge in [-0.1, -0.05) is 0 Å². The number of aliphatic hydroxyl groups is 11. The van der Waals surface area contributed by atoms with Gasteiger partial charge in [0.2, 0.25) is 0 Å². The van der Waals surface area contributed by atoms with E-state index in [9.17, 15) is 61.0 Å². The maximum atomic E-state index is 12.2. The maximum Gasteiger partial charge on any atom is 0.337 e. The summed E-state index contributed by atoms with van der Waals surface area (Å²) in [5, 5.41) is 113. The van der Waals surface area contributed by atoms with E-state index in [4.69, 9.17) is 33.2 Å². The number of methoxy groups -OCH3 is 1. The van der Waals surface area contributed by atoms with Crippen LogP contribution in [-0.2, 0) is 42.7 Å². The van der Waals surface area contributed by atoms with Gasteiger partial charge in [0.05, 0.1) is 26.4 Å². The number of hydrogen-bond donors (Lipinski definition) is 11. The summed E-state index contributed by atoms with van der Waals surface area (Å²) in [6, 6.07) is 0. The molecule has 0 amide bonds. The lowest BCUT2D eigenvalue weighted by atomic mass is 9.96. The molecule has 20 nitrogen and oxygen atoms in total. The monoisotopic (exact) mass is 648 g/mol. The fourth-order valence-corrected chi connectivity index (χ4v) is 5.34. The molecule has 4 heterocycles. The molecule has 4 rings (SSSR count). The molecule has 1 unspecified atom stereocenters. The van der Waals surface area contributed by atoms with Crippen molar-refractivity contribution < 1.29 is 98.9 Å². The predicted octanol–water partition coefficient (Wildman–Crippen LogP) is -7.90. The zero-order chi connectivity index (χ0) is 32.6. The normalized spacial score (nSPS) is 51.7. The van der Waals surface area contributed by atoms with Gasteiger partial charge in [-0.05, 0) is 6.92 Å². The highest BCUT2D eigenvalue weighted by Gasteiger charge is 2.55. The van der Waals surface area contributed by atoms with E-state index in [2.05, 4.69) is 4.74 Å². The molecule has 0 aromatic rings. The van der Waals surface area contributed by atoms with Gasteiger partial charge in [-0.2, -0.15) is 0 Å². The molecule has 4 saturated heterocycles. The van der Waals surface area contributed by atoms with Gasteiger partial charge in [0, 0.05) is 0 Å². The van der Waals surface area contributed by atoms with Gasteiger partial charge in [-0.25, -0.2) is 4.79 Å². The number of aliphatic hydroxyl groups excluding tert-OH is 11. The molecule has 0 aromatic heterocycles. The van der Waals surface area contributed by atoms with Crippen LogP contribution in [-0.4, -0.2) is 199 Å². The Morgan fingerprint density at radius 1 is 0.568 bits per heavy atom. The molecule has 20 heteroatoms. The largest absolute Gasteiger partial charge is 0.467 e. The van der Waals surface area contributed by atoms with Crippen molar-refractivity contribution in [2.45, 2.75) is 124 Å². The minimum atomic E-state index is -2.03. The van der Waals surface area contributed by atoms with Crippen LogP contribution in [0.25, 0.3) is 0 Å². The fraction of sp³-hybridized carbons (Fsp3) is 0.958. The number of rotatable bonds is 9. The first-order valence-corrected chi connectivity index (χ1v) is 13.8. The number of hydrogen-bond acceptors (Lipinski definition) is 20. The van der Waals surface area contributed by atoms with Crippen molar-refractivity contribution in [2.24, 2.45) is 0 Å². The molecular weight excluding hydrogens is 608 g/mol. The molecule has 0 aromatic carbocycles. The second kappa shape index (κ2) is 14.7. The summed E-state index contributed by atoms with van der Waals surface area (Å²) in [7, 11) is 0.972. The average molecular weight is 649 g/mol. The molecule has 0 spiro atoms. The first kappa shape index (κ1) is 35.6. The minimum absolute atomic E-state index is 0.684. The fourth-order valence-electron chi connectivity index (χ4n) is 5.34. The van der Waals surface area contributed by atoms with Gasteiger partial charge < -0.3 is 94.1 Å². The second-order valence-corrected chi connectivity index (χ2v) is 10.9. The van der Waals surface area contributed by atoms with Crippen molar-refractivity contribution in [3.05, 3.63) is 0 Å². The summed E-state index contributed by atoms with van der Waals surface area (Å²) in [5.74, 6) is -1.13. The smallest absolute Gasteiger partial charge is 0.337 e. The van der Waals surface area contributed by atoms with Crippen molar-refractivity contribution in [2.75, 3.05) is 20.3 Å². The van der Waals surface area contributed by atoms with Crippen LogP contribution >= 0.6 is 0 Å². The van der Waals surface area contributed by atoms with E-state index in [0.717, 1.165) is 7.11 Å². The summed E-state index contributed by atoms with van der Waals surface area (Å²) in [6.07, 6.45) is -32.6. The average Bonchev–Trinajstić information content (AvgIpc) is 3.28. The standard InChI is InChI=1S/C24H40O20/c1-5-8(27)10(29)18(44-22-14(33)9(28)6(3-25)39-22)24(38-5)42-16-7(4-26)40-23(15(34)12(16)31)43-17-11(30)13(32)20(35)41-19(17)21(36)37-2/h5-20,22-35H,3-4H2,1-2H3/t5-,6-,7+,8-,9-,10+,11+,12+,13+,14+,15+,16+,17-,18+,19-,20?,22-,23-,24-/m0/s1. The highest BCUT2D eigenvalue weighted by molar-refractivity contribution is 5.75. The van der Waals surface area contributed by atoms with Crippen LogP contribution in [0.3, 0.4) is 0 Å². The van der Waals surface area contributed by atoms with Crippen LogP contribution in [0, 0.1) is 0 Å². The van der Waals surface area contributed by atoms with Crippen LogP contribution in [0.5, 0.6) is 0 Å². The van der Waals surface area contributed by atoms with E-state index in [1.54, 1.807) is 0 Å². The summed E-state index contributed by atoms with van der Waals surface area (Å²) in [5.41, 5.74) is 0. The Morgan fingerprint density at radius 3 is 1.64 bits per heavy atom. The van der Waals surface area contributed by atoms with Crippen molar-refractivity contribution in [3.8, 4) is 0 Å². The van der Waals surface area contributed by atoms with Gasteiger partial charge in [0.25, 0.3) is 0 Å². The Labute approximate surface area is 249 Å². The topological polar surface area (TPSA) is 313 Å². The molecule has 4 fully saturated rings. The van der Waals surface area contributed by atoms with Crippen molar-refractivity contribution in [1.82, 2.24) is 0 Å². The Kier molecular flexibility index (Phi) is 11.9. The Bertz CT molecular complexity index is 941. The van der Waals surface area contributed by atoms with Crippen LogP contribution < -0.4 is 0 Å². The van der Waals surface area contributed by atoms with Crippen molar-refractivity contribution in [1.29, 1.82) is 0 Å². The van der Waals surface area contributed by atoms with Gasteiger partial charge in [0.15, 0.2) is 31.3 Å². The van der Waals surface area contributed by atoms with Crippen molar-refractivity contribution in [3.63, 3.8) is 0 Å². The summed E-state index contributed by atoms with van der Waals surface area (Å²) < 4.78 is 42.8. The lowest BCUT2D eigenvalue weighted by molar-refractivity contribution is -0.382. The summed E-state index contributed by atoms with van der Waals surface area (Å²) in [4.78, 5) is 12.2. The predicted molar refractivity (Wildman–Crippen MR) is 131 cm³/mol.